The van der Waals surface area contributed by atoms with Crippen LogP contribution < -0.4 is 10.6 Å². The van der Waals surface area contributed by atoms with Crippen molar-refractivity contribution in [3.63, 3.8) is 0 Å². The van der Waals surface area contributed by atoms with E-state index >= 15 is 0 Å². The van der Waals surface area contributed by atoms with E-state index in [-0.39, 0.29) is 0 Å². The summed E-state index contributed by atoms with van der Waals surface area (Å²) in [4.78, 5) is 32.7. The van der Waals surface area contributed by atoms with Gasteiger partial charge in [0, 0.05) is 12.2 Å². The first-order valence-corrected chi connectivity index (χ1v) is 6.38. The van der Waals surface area contributed by atoms with Crippen molar-refractivity contribution in [2.24, 2.45) is 0 Å². The lowest BCUT2D eigenvalue weighted by atomic mass is 10.1. The van der Waals surface area contributed by atoms with Crippen LogP contribution in [0.25, 0.3) is 0 Å². The molecule has 1 atom stereocenters. The number of nitrogens with one attached hydrogen (secondary N) is 3. The third-order valence-corrected chi connectivity index (χ3v) is 2.82. The van der Waals surface area contributed by atoms with Crippen molar-refractivity contribution in [2.75, 3.05) is 6.54 Å². The molecule has 0 aliphatic heterocycles. The summed E-state index contributed by atoms with van der Waals surface area (Å²) >= 11 is 0. The average molecular weight is 298 g/mol. The highest BCUT2D eigenvalue weighted by Gasteiger charge is 2.22. The lowest BCUT2D eigenvalue weighted by molar-refractivity contribution is -0.145. The van der Waals surface area contributed by atoms with Crippen molar-refractivity contribution in [3.8, 4) is 0 Å². The third kappa shape index (κ3) is 5.93. The van der Waals surface area contributed by atoms with Crippen LogP contribution in [0.15, 0.2) is 6.20 Å². The zero-order chi connectivity index (χ0) is 15.8. The minimum absolute atomic E-state index is 0.343. The van der Waals surface area contributed by atoms with E-state index in [1.807, 2.05) is 6.92 Å². The summed E-state index contributed by atoms with van der Waals surface area (Å²) in [6.45, 7) is 2.24. The van der Waals surface area contributed by atoms with E-state index in [0.717, 1.165) is 17.7 Å². The number of H-pyrrole nitrogens is 1. The predicted molar refractivity (Wildman–Crippen MR) is 71.9 cm³/mol. The molecule has 0 unspecified atom stereocenters. The van der Waals surface area contributed by atoms with Crippen molar-refractivity contribution >= 4 is 18.0 Å². The number of amides is 2. The molecule has 1 aromatic heterocycles. The first kappa shape index (κ1) is 16.5. The van der Waals surface area contributed by atoms with Gasteiger partial charge in [-0.1, -0.05) is 0 Å². The Morgan fingerprint density at radius 1 is 1.38 bits per heavy atom. The summed E-state index contributed by atoms with van der Waals surface area (Å²) in [7, 11) is 0. The van der Waals surface area contributed by atoms with Gasteiger partial charge in [0.05, 0.1) is 12.6 Å². The van der Waals surface area contributed by atoms with E-state index < -0.39 is 30.4 Å². The molecule has 1 heterocycles. The number of hydrogen-bond donors (Lipinski definition) is 5. The summed E-state index contributed by atoms with van der Waals surface area (Å²) in [5, 5.41) is 28.6. The van der Waals surface area contributed by atoms with Gasteiger partial charge in [0.15, 0.2) is 0 Å². The molecule has 1 aromatic rings. The molecular weight excluding hydrogens is 280 g/mol. The van der Waals surface area contributed by atoms with Gasteiger partial charge in [-0.2, -0.15) is 5.10 Å². The van der Waals surface area contributed by atoms with Crippen molar-refractivity contribution in [1.82, 2.24) is 20.8 Å². The van der Waals surface area contributed by atoms with Crippen molar-refractivity contribution in [1.29, 1.82) is 0 Å². The molecular formula is C12H18N4O5. The molecule has 9 nitrogen and oxygen atoms in total. The largest absolute Gasteiger partial charge is 0.481 e. The summed E-state index contributed by atoms with van der Waals surface area (Å²) in [5.41, 5.74) is 2.01. The lowest BCUT2D eigenvalue weighted by Crippen LogP contribution is -2.47. The number of aryl methyl sites for hydroxylation is 2. The number of carbonyl (C=O) groups is 3. The number of carboxylic acid groups (broad SMARTS) is 2. The number of rotatable bonds is 8. The molecule has 21 heavy (non-hydrogen) atoms. The standard InChI is InChI=1S/C12H18N4O5/c1-7-8(6-14-16-7)3-2-4-13-12(21)15-9(11(19)20)5-10(17)18/h6,9H,2-5H2,1H3,(H,14,16)(H,17,18)(H,19,20)(H2,13,15,21)/t9-/m0/s1. The Hall–Kier alpha value is -2.58. The van der Waals surface area contributed by atoms with Crippen LogP contribution >= 0.6 is 0 Å². The molecule has 0 bridgehead atoms. The van der Waals surface area contributed by atoms with Crippen molar-refractivity contribution in [3.05, 3.63) is 17.5 Å². The van der Waals surface area contributed by atoms with E-state index in [9.17, 15) is 14.4 Å². The van der Waals surface area contributed by atoms with Crippen LogP contribution in [0.2, 0.25) is 0 Å². The fourth-order valence-corrected chi connectivity index (χ4v) is 1.69. The van der Waals surface area contributed by atoms with E-state index in [0.29, 0.717) is 13.0 Å². The second-order valence-corrected chi connectivity index (χ2v) is 4.51. The number of hydrogen-bond acceptors (Lipinski definition) is 4. The monoisotopic (exact) mass is 298 g/mol. The number of aromatic amines is 1. The van der Waals surface area contributed by atoms with Crippen LogP contribution in [0.3, 0.4) is 0 Å². The normalized spacial score (nSPS) is 11.7. The minimum atomic E-state index is -1.45. The number of urea groups is 1. The Bertz CT molecular complexity index is 514. The molecule has 0 aliphatic rings. The fraction of sp³-hybridized carbons (Fsp3) is 0.500. The number of carboxylic acids is 2. The Labute approximate surface area is 120 Å². The highest BCUT2D eigenvalue weighted by Crippen LogP contribution is 2.04. The SMILES string of the molecule is Cc1[nH]ncc1CCCNC(=O)N[C@@H](CC(=O)O)C(=O)O. The highest BCUT2D eigenvalue weighted by atomic mass is 16.4. The van der Waals surface area contributed by atoms with Crippen LogP contribution in [0, 0.1) is 6.92 Å². The summed E-state index contributed by atoms with van der Waals surface area (Å²) < 4.78 is 0. The number of aliphatic carboxylic acids is 2. The molecule has 2 amide bonds. The maximum absolute atomic E-state index is 11.5. The van der Waals surface area contributed by atoms with Crippen LogP contribution in [0.4, 0.5) is 4.79 Å². The van der Waals surface area contributed by atoms with Gasteiger partial charge in [-0.3, -0.25) is 9.89 Å². The van der Waals surface area contributed by atoms with Crippen LogP contribution in [0.1, 0.15) is 24.1 Å². The molecule has 0 saturated heterocycles. The molecule has 0 aliphatic carbocycles. The van der Waals surface area contributed by atoms with Gasteiger partial charge in [0.1, 0.15) is 6.04 Å². The van der Waals surface area contributed by atoms with Gasteiger partial charge in [-0.05, 0) is 25.3 Å². The Morgan fingerprint density at radius 3 is 2.62 bits per heavy atom. The Kier molecular flexibility index (Phi) is 6.18. The fourth-order valence-electron chi connectivity index (χ4n) is 1.69. The molecule has 0 aromatic carbocycles. The zero-order valence-electron chi connectivity index (χ0n) is 11.5. The number of carbonyl (C=O) groups excluding carboxylic acids is 1. The van der Waals surface area contributed by atoms with Gasteiger partial charge in [-0.15, -0.1) is 0 Å². The first-order valence-electron chi connectivity index (χ1n) is 6.38. The smallest absolute Gasteiger partial charge is 0.326 e. The Morgan fingerprint density at radius 2 is 2.10 bits per heavy atom. The molecule has 0 fully saturated rings. The van der Waals surface area contributed by atoms with Gasteiger partial charge < -0.3 is 20.8 Å². The van der Waals surface area contributed by atoms with E-state index in [1.165, 1.54) is 0 Å². The quantitative estimate of drug-likeness (QED) is 0.423. The average Bonchev–Trinajstić information content (AvgIpc) is 2.79. The van der Waals surface area contributed by atoms with E-state index in [4.69, 9.17) is 10.2 Å². The van der Waals surface area contributed by atoms with Crippen LogP contribution in [0.5, 0.6) is 0 Å². The van der Waals surface area contributed by atoms with Gasteiger partial charge in [0.2, 0.25) is 0 Å². The molecule has 0 saturated carbocycles. The topological polar surface area (TPSA) is 144 Å². The number of aromatic nitrogens is 2. The highest BCUT2D eigenvalue weighted by molar-refractivity contribution is 5.86. The molecule has 0 radical (unpaired) electrons. The predicted octanol–water partition coefficient (Wildman–Crippen LogP) is -0.122. The Balaban J connectivity index is 2.28. The second-order valence-electron chi connectivity index (χ2n) is 4.51. The van der Waals surface area contributed by atoms with E-state index in [2.05, 4.69) is 20.8 Å². The molecule has 0 spiro atoms. The zero-order valence-corrected chi connectivity index (χ0v) is 11.5. The molecule has 116 valence electrons. The molecule has 5 N–H and O–H groups in total. The number of nitrogens with zero attached hydrogens (tertiary/aromatic N) is 1. The van der Waals surface area contributed by atoms with Crippen molar-refractivity contribution in [2.45, 2.75) is 32.2 Å². The summed E-state index contributed by atoms with van der Waals surface area (Å²) in [5.74, 6) is -2.68. The molecule has 1 rings (SSSR count). The maximum Gasteiger partial charge on any atom is 0.326 e. The minimum Gasteiger partial charge on any atom is -0.481 e. The maximum atomic E-state index is 11.5. The lowest BCUT2D eigenvalue weighted by Gasteiger charge is -2.13. The van der Waals surface area contributed by atoms with E-state index in [1.54, 1.807) is 6.20 Å². The summed E-state index contributed by atoms with van der Waals surface area (Å²) in [6, 6.07) is -2.15. The van der Waals surface area contributed by atoms with Crippen molar-refractivity contribution < 1.29 is 24.6 Å². The first-order chi connectivity index (χ1) is 9.90. The van der Waals surface area contributed by atoms with Gasteiger partial charge in [-0.25, -0.2) is 9.59 Å². The third-order valence-electron chi connectivity index (χ3n) is 2.82. The van der Waals surface area contributed by atoms with Gasteiger partial charge in [0.25, 0.3) is 0 Å². The van der Waals surface area contributed by atoms with Crippen LogP contribution in [-0.4, -0.2) is 51.0 Å². The second kappa shape index (κ2) is 7.88. The van der Waals surface area contributed by atoms with Crippen LogP contribution in [-0.2, 0) is 16.0 Å². The van der Waals surface area contributed by atoms with Gasteiger partial charge >= 0.3 is 18.0 Å². The summed E-state index contributed by atoms with van der Waals surface area (Å²) in [6.07, 6.45) is 2.42. The molecule has 9 heteroatoms.